The average Bonchev–Trinajstić information content (AvgIpc) is 2.93. The van der Waals surface area contributed by atoms with Crippen LogP contribution in [0.25, 0.3) is 0 Å². The van der Waals surface area contributed by atoms with Crippen molar-refractivity contribution in [2.45, 2.75) is 25.7 Å². The van der Waals surface area contributed by atoms with Gasteiger partial charge in [-0.1, -0.05) is 42.5 Å². The van der Waals surface area contributed by atoms with Crippen LogP contribution in [0.4, 0.5) is 5.82 Å². The van der Waals surface area contributed by atoms with Crippen molar-refractivity contribution in [3.63, 3.8) is 0 Å². The summed E-state index contributed by atoms with van der Waals surface area (Å²) in [5.41, 5.74) is 5.40. The molecular formula is C21H21N3O2S. The molecule has 0 fully saturated rings. The van der Waals surface area contributed by atoms with Crippen LogP contribution in [0.3, 0.4) is 0 Å². The van der Waals surface area contributed by atoms with E-state index in [2.05, 4.69) is 40.6 Å². The monoisotopic (exact) mass is 379 g/mol. The third-order valence-electron chi connectivity index (χ3n) is 4.74. The van der Waals surface area contributed by atoms with E-state index in [0.717, 1.165) is 28.1 Å². The highest BCUT2D eigenvalue weighted by molar-refractivity contribution is 8.00. The topological polar surface area (TPSA) is 67.0 Å². The fourth-order valence-corrected chi connectivity index (χ4v) is 4.49. The number of aromatic amines is 1. The van der Waals surface area contributed by atoms with Crippen molar-refractivity contribution in [3.8, 4) is 5.75 Å². The lowest BCUT2D eigenvalue weighted by atomic mass is 10.0. The van der Waals surface area contributed by atoms with Gasteiger partial charge in [0.05, 0.1) is 11.0 Å². The molecule has 1 aliphatic rings. The fourth-order valence-electron chi connectivity index (χ4n) is 3.27. The van der Waals surface area contributed by atoms with Crippen LogP contribution >= 0.6 is 11.8 Å². The number of aromatic nitrogens is 2. The molecule has 1 aliphatic heterocycles. The molecular weight excluding hydrogens is 358 g/mol. The number of para-hydroxylation sites is 1. The zero-order valence-electron chi connectivity index (χ0n) is 15.3. The van der Waals surface area contributed by atoms with Gasteiger partial charge in [0.15, 0.2) is 5.82 Å². The minimum Gasteiger partial charge on any atom is -0.489 e. The van der Waals surface area contributed by atoms with Gasteiger partial charge in [0, 0.05) is 16.8 Å². The van der Waals surface area contributed by atoms with E-state index in [0.29, 0.717) is 18.2 Å². The molecule has 6 heteroatoms. The summed E-state index contributed by atoms with van der Waals surface area (Å²) in [6, 6.07) is 16.3. The first-order valence-corrected chi connectivity index (χ1v) is 9.91. The highest BCUT2D eigenvalue weighted by Crippen LogP contribution is 2.45. The first kappa shape index (κ1) is 17.7. The summed E-state index contributed by atoms with van der Waals surface area (Å²) in [6.45, 7) is 4.58. The molecule has 0 aliphatic carbocycles. The number of carbonyl (C=O) groups excluding carboxylic acids is 1. The molecule has 0 bridgehead atoms. The van der Waals surface area contributed by atoms with E-state index >= 15 is 0 Å². The lowest BCUT2D eigenvalue weighted by Crippen LogP contribution is -2.12. The molecule has 138 valence electrons. The predicted molar refractivity (Wildman–Crippen MR) is 108 cm³/mol. The number of anilines is 1. The molecule has 5 nitrogen and oxygen atoms in total. The molecule has 0 radical (unpaired) electrons. The lowest BCUT2D eigenvalue weighted by molar-refractivity contribution is -0.113. The largest absolute Gasteiger partial charge is 0.489 e. The van der Waals surface area contributed by atoms with Crippen LogP contribution < -0.4 is 10.1 Å². The highest BCUT2D eigenvalue weighted by Gasteiger charge is 2.30. The molecule has 0 saturated carbocycles. The van der Waals surface area contributed by atoms with Crippen molar-refractivity contribution in [1.29, 1.82) is 0 Å². The Morgan fingerprint density at radius 3 is 2.78 bits per heavy atom. The van der Waals surface area contributed by atoms with Crippen LogP contribution in [0.2, 0.25) is 0 Å². The van der Waals surface area contributed by atoms with Crippen LogP contribution in [0.5, 0.6) is 5.75 Å². The number of hydrogen-bond acceptors (Lipinski definition) is 4. The standard InChI is InChI=1S/C21H21N3O2S/c1-13-7-3-4-8-15(13)11-26-17-10-6-5-9-16(17)20-19-14(2)23-24-21(19)22-18(25)12-27-20/h3-10,20H,11-12H2,1-2H3,(H2,22,23,24,25). The third kappa shape index (κ3) is 3.57. The Morgan fingerprint density at radius 1 is 1.15 bits per heavy atom. The third-order valence-corrected chi connectivity index (χ3v) is 5.99. The van der Waals surface area contributed by atoms with Gasteiger partial charge in [-0.05, 0) is 31.0 Å². The predicted octanol–water partition coefficient (Wildman–Crippen LogP) is 4.38. The summed E-state index contributed by atoms with van der Waals surface area (Å²) < 4.78 is 6.21. The maximum absolute atomic E-state index is 12.0. The van der Waals surface area contributed by atoms with Crippen molar-refractivity contribution in [1.82, 2.24) is 10.2 Å². The average molecular weight is 379 g/mol. The van der Waals surface area contributed by atoms with E-state index in [1.165, 1.54) is 5.56 Å². The fraction of sp³-hybridized carbons (Fsp3) is 0.238. The number of rotatable bonds is 4. The molecule has 2 aromatic carbocycles. The molecule has 1 atom stereocenters. The van der Waals surface area contributed by atoms with Gasteiger partial charge in [0.2, 0.25) is 5.91 Å². The number of ether oxygens (including phenoxy) is 1. The molecule has 0 spiro atoms. The number of aryl methyl sites for hydroxylation is 2. The molecule has 0 saturated heterocycles. The van der Waals surface area contributed by atoms with E-state index in [1.54, 1.807) is 11.8 Å². The van der Waals surface area contributed by atoms with E-state index in [1.807, 2.05) is 37.3 Å². The number of benzene rings is 2. The maximum Gasteiger partial charge on any atom is 0.235 e. The van der Waals surface area contributed by atoms with Gasteiger partial charge >= 0.3 is 0 Å². The zero-order chi connectivity index (χ0) is 18.8. The lowest BCUT2D eigenvalue weighted by Gasteiger charge is -2.19. The molecule has 1 aromatic heterocycles. The normalized spacial score (nSPS) is 16.4. The number of amides is 1. The summed E-state index contributed by atoms with van der Waals surface area (Å²) in [7, 11) is 0. The van der Waals surface area contributed by atoms with Crippen LogP contribution in [0.15, 0.2) is 48.5 Å². The van der Waals surface area contributed by atoms with Gasteiger partial charge in [-0.15, -0.1) is 11.8 Å². The molecule has 3 aromatic rings. The number of H-pyrrole nitrogens is 1. The van der Waals surface area contributed by atoms with Gasteiger partial charge < -0.3 is 10.1 Å². The minimum atomic E-state index is -0.0337. The van der Waals surface area contributed by atoms with Crippen LogP contribution in [-0.4, -0.2) is 21.9 Å². The quantitative estimate of drug-likeness (QED) is 0.706. The summed E-state index contributed by atoms with van der Waals surface area (Å²) in [5, 5.41) is 10.1. The number of nitrogens with zero attached hydrogens (tertiary/aromatic N) is 1. The first-order chi connectivity index (χ1) is 13.1. The summed E-state index contributed by atoms with van der Waals surface area (Å²) >= 11 is 1.59. The van der Waals surface area contributed by atoms with Gasteiger partial charge in [-0.25, -0.2) is 0 Å². The Balaban J connectivity index is 1.68. The van der Waals surface area contributed by atoms with E-state index in [-0.39, 0.29) is 11.2 Å². The van der Waals surface area contributed by atoms with Crippen molar-refractivity contribution in [3.05, 3.63) is 76.5 Å². The molecule has 4 rings (SSSR count). The van der Waals surface area contributed by atoms with E-state index < -0.39 is 0 Å². The number of nitrogens with one attached hydrogen (secondary N) is 2. The Kier molecular flexibility index (Phi) is 4.90. The van der Waals surface area contributed by atoms with Crippen molar-refractivity contribution >= 4 is 23.5 Å². The van der Waals surface area contributed by atoms with Crippen molar-refractivity contribution in [2.24, 2.45) is 0 Å². The summed E-state index contributed by atoms with van der Waals surface area (Å²) in [6.07, 6.45) is 0. The van der Waals surface area contributed by atoms with Crippen LogP contribution in [0.1, 0.15) is 33.2 Å². The first-order valence-electron chi connectivity index (χ1n) is 8.86. The Morgan fingerprint density at radius 2 is 1.93 bits per heavy atom. The second-order valence-corrected chi connectivity index (χ2v) is 7.70. The van der Waals surface area contributed by atoms with E-state index in [9.17, 15) is 4.79 Å². The van der Waals surface area contributed by atoms with Gasteiger partial charge in [0.1, 0.15) is 12.4 Å². The van der Waals surface area contributed by atoms with Gasteiger partial charge in [-0.2, -0.15) is 5.10 Å². The minimum absolute atomic E-state index is 0.0224. The number of thioether (sulfide) groups is 1. The Labute approximate surface area is 162 Å². The molecule has 2 heterocycles. The SMILES string of the molecule is Cc1ccccc1COc1ccccc1C1SCC(=O)Nc2n[nH]c(C)c21. The highest BCUT2D eigenvalue weighted by atomic mass is 32.2. The van der Waals surface area contributed by atoms with Crippen molar-refractivity contribution < 1.29 is 9.53 Å². The van der Waals surface area contributed by atoms with Crippen LogP contribution in [-0.2, 0) is 11.4 Å². The maximum atomic E-state index is 12.0. The molecule has 2 N–H and O–H groups in total. The summed E-state index contributed by atoms with van der Waals surface area (Å²) in [4.78, 5) is 12.0. The zero-order valence-corrected chi connectivity index (χ0v) is 16.1. The number of carbonyl (C=O) groups is 1. The van der Waals surface area contributed by atoms with Gasteiger partial charge in [0.25, 0.3) is 0 Å². The number of hydrogen-bond donors (Lipinski definition) is 2. The second-order valence-electron chi connectivity index (χ2n) is 6.60. The molecule has 1 unspecified atom stereocenters. The van der Waals surface area contributed by atoms with Crippen molar-refractivity contribution in [2.75, 3.05) is 11.1 Å². The van der Waals surface area contributed by atoms with E-state index in [4.69, 9.17) is 4.74 Å². The smallest absolute Gasteiger partial charge is 0.235 e. The van der Waals surface area contributed by atoms with Crippen LogP contribution in [0, 0.1) is 13.8 Å². The molecule has 27 heavy (non-hydrogen) atoms. The Bertz CT molecular complexity index is 983. The second kappa shape index (κ2) is 7.48. The summed E-state index contributed by atoms with van der Waals surface area (Å²) in [5.74, 6) is 1.79. The Hall–Kier alpha value is -2.73. The number of fused-ring (bicyclic) bond motifs is 1. The molecule has 1 amide bonds. The van der Waals surface area contributed by atoms with Gasteiger partial charge in [-0.3, -0.25) is 9.89 Å².